The van der Waals surface area contributed by atoms with Crippen molar-refractivity contribution in [1.82, 2.24) is 10.3 Å². The molecule has 1 aromatic carbocycles. The number of hydrogen-bond acceptors (Lipinski definition) is 5. The van der Waals surface area contributed by atoms with Crippen molar-refractivity contribution in [2.75, 3.05) is 31.2 Å². The van der Waals surface area contributed by atoms with Crippen molar-refractivity contribution in [2.24, 2.45) is 0 Å². The highest BCUT2D eigenvalue weighted by Crippen LogP contribution is 2.16. The van der Waals surface area contributed by atoms with Crippen LogP contribution in [0.2, 0.25) is 0 Å². The molecule has 1 saturated heterocycles. The summed E-state index contributed by atoms with van der Waals surface area (Å²) >= 11 is 0. The van der Waals surface area contributed by atoms with E-state index in [1.807, 2.05) is 6.92 Å². The molecule has 0 aliphatic carbocycles. The largest absolute Gasteiger partial charge is 0.445 e. The zero-order chi connectivity index (χ0) is 14.5. The van der Waals surface area contributed by atoms with Gasteiger partial charge in [-0.1, -0.05) is 12.1 Å². The SMILES string of the molecule is Cc1cnc(CNCc2ccc(N3CCOCC3)cc2)o1. The Morgan fingerprint density at radius 3 is 2.57 bits per heavy atom. The molecule has 0 radical (unpaired) electrons. The lowest BCUT2D eigenvalue weighted by atomic mass is 10.2. The van der Waals surface area contributed by atoms with Crippen molar-refractivity contribution in [3.05, 3.63) is 47.7 Å². The first-order chi connectivity index (χ1) is 10.3. The molecule has 5 nitrogen and oxygen atoms in total. The third-order valence-corrected chi connectivity index (χ3v) is 3.59. The molecule has 0 atom stereocenters. The van der Waals surface area contributed by atoms with Gasteiger partial charge in [0, 0.05) is 25.3 Å². The van der Waals surface area contributed by atoms with Crippen LogP contribution in [0.4, 0.5) is 5.69 Å². The van der Waals surface area contributed by atoms with Crippen LogP contribution < -0.4 is 10.2 Å². The number of oxazole rings is 1. The number of nitrogens with zero attached hydrogens (tertiary/aromatic N) is 2. The first-order valence-corrected chi connectivity index (χ1v) is 7.35. The molecule has 2 aromatic rings. The molecule has 0 bridgehead atoms. The second-order valence-electron chi connectivity index (χ2n) is 5.23. The Morgan fingerprint density at radius 1 is 1.14 bits per heavy atom. The maximum atomic E-state index is 5.43. The number of benzene rings is 1. The Labute approximate surface area is 124 Å². The summed E-state index contributed by atoms with van der Waals surface area (Å²) in [4.78, 5) is 6.53. The summed E-state index contributed by atoms with van der Waals surface area (Å²) in [5.74, 6) is 1.58. The highest BCUT2D eigenvalue weighted by molar-refractivity contribution is 5.47. The van der Waals surface area contributed by atoms with Gasteiger partial charge in [0.15, 0.2) is 0 Å². The molecular weight excluding hydrogens is 266 g/mol. The molecule has 1 aliphatic rings. The van der Waals surface area contributed by atoms with Crippen LogP contribution in [-0.4, -0.2) is 31.3 Å². The predicted octanol–water partition coefficient (Wildman–Crippen LogP) is 2.11. The Kier molecular flexibility index (Phi) is 4.52. The van der Waals surface area contributed by atoms with Gasteiger partial charge in [-0.15, -0.1) is 0 Å². The van der Waals surface area contributed by atoms with Gasteiger partial charge in [0.25, 0.3) is 0 Å². The molecule has 0 amide bonds. The molecule has 1 fully saturated rings. The highest BCUT2D eigenvalue weighted by Gasteiger charge is 2.10. The number of hydrogen-bond donors (Lipinski definition) is 1. The van der Waals surface area contributed by atoms with Crippen molar-refractivity contribution in [1.29, 1.82) is 0 Å². The number of aromatic nitrogens is 1. The maximum Gasteiger partial charge on any atom is 0.208 e. The molecule has 0 saturated carbocycles. The first-order valence-electron chi connectivity index (χ1n) is 7.35. The van der Waals surface area contributed by atoms with E-state index in [1.165, 1.54) is 11.3 Å². The maximum absolute atomic E-state index is 5.43. The predicted molar refractivity (Wildman–Crippen MR) is 81.3 cm³/mol. The molecule has 0 spiro atoms. The second kappa shape index (κ2) is 6.74. The van der Waals surface area contributed by atoms with Crippen LogP contribution in [0.5, 0.6) is 0 Å². The molecule has 1 N–H and O–H groups in total. The Morgan fingerprint density at radius 2 is 1.90 bits per heavy atom. The van der Waals surface area contributed by atoms with Crippen molar-refractivity contribution < 1.29 is 9.15 Å². The van der Waals surface area contributed by atoms with Gasteiger partial charge in [-0.3, -0.25) is 0 Å². The van der Waals surface area contributed by atoms with Crippen LogP contribution in [0.1, 0.15) is 17.2 Å². The lowest BCUT2D eigenvalue weighted by Crippen LogP contribution is -2.36. The molecule has 1 aliphatic heterocycles. The van der Waals surface area contributed by atoms with E-state index in [-0.39, 0.29) is 0 Å². The Bertz CT molecular complexity index is 559. The van der Waals surface area contributed by atoms with Gasteiger partial charge in [-0.05, 0) is 24.6 Å². The van der Waals surface area contributed by atoms with Gasteiger partial charge in [0.05, 0.1) is 26.0 Å². The van der Waals surface area contributed by atoms with E-state index in [0.717, 1.165) is 44.5 Å². The van der Waals surface area contributed by atoms with Gasteiger partial charge in [-0.25, -0.2) is 4.98 Å². The van der Waals surface area contributed by atoms with E-state index in [0.29, 0.717) is 6.54 Å². The van der Waals surface area contributed by atoms with Crippen LogP contribution in [0, 0.1) is 6.92 Å². The quantitative estimate of drug-likeness (QED) is 0.913. The summed E-state index contributed by atoms with van der Waals surface area (Å²) in [7, 11) is 0. The van der Waals surface area contributed by atoms with E-state index in [4.69, 9.17) is 9.15 Å². The molecule has 112 valence electrons. The average molecular weight is 287 g/mol. The Balaban J connectivity index is 1.49. The number of nitrogens with one attached hydrogen (secondary N) is 1. The summed E-state index contributed by atoms with van der Waals surface area (Å²) < 4.78 is 10.8. The van der Waals surface area contributed by atoms with Gasteiger partial charge >= 0.3 is 0 Å². The van der Waals surface area contributed by atoms with Crippen molar-refractivity contribution in [2.45, 2.75) is 20.0 Å². The van der Waals surface area contributed by atoms with Gasteiger partial charge < -0.3 is 19.4 Å². The normalized spacial score (nSPS) is 15.4. The summed E-state index contributed by atoms with van der Waals surface area (Å²) in [5, 5.41) is 3.34. The molecule has 0 unspecified atom stereocenters. The van der Waals surface area contributed by atoms with Crippen LogP contribution in [-0.2, 0) is 17.8 Å². The fraction of sp³-hybridized carbons (Fsp3) is 0.438. The van der Waals surface area contributed by atoms with Gasteiger partial charge in [-0.2, -0.15) is 0 Å². The minimum atomic E-state index is 0.652. The minimum Gasteiger partial charge on any atom is -0.445 e. The summed E-state index contributed by atoms with van der Waals surface area (Å²) in [6.07, 6.45) is 1.74. The van der Waals surface area contributed by atoms with Crippen molar-refractivity contribution in [3.8, 4) is 0 Å². The van der Waals surface area contributed by atoms with Crippen molar-refractivity contribution in [3.63, 3.8) is 0 Å². The van der Waals surface area contributed by atoms with Gasteiger partial charge in [0.2, 0.25) is 5.89 Å². The summed E-state index contributed by atoms with van der Waals surface area (Å²) in [6.45, 7) is 6.95. The Hall–Kier alpha value is -1.85. The van der Waals surface area contributed by atoms with Crippen LogP contribution in [0.15, 0.2) is 34.9 Å². The molecule has 5 heteroatoms. The summed E-state index contributed by atoms with van der Waals surface area (Å²) in [5.41, 5.74) is 2.53. The molecule has 1 aromatic heterocycles. The third kappa shape index (κ3) is 3.83. The number of rotatable bonds is 5. The minimum absolute atomic E-state index is 0.652. The number of ether oxygens (including phenoxy) is 1. The lowest BCUT2D eigenvalue weighted by molar-refractivity contribution is 0.122. The van der Waals surface area contributed by atoms with E-state index in [9.17, 15) is 0 Å². The zero-order valence-electron chi connectivity index (χ0n) is 12.3. The first kappa shape index (κ1) is 14.1. The molecule has 21 heavy (non-hydrogen) atoms. The van der Waals surface area contributed by atoms with E-state index in [1.54, 1.807) is 6.20 Å². The molecular formula is C16H21N3O2. The van der Waals surface area contributed by atoms with Crippen molar-refractivity contribution >= 4 is 5.69 Å². The monoisotopic (exact) mass is 287 g/mol. The van der Waals surface area contributed by atoms with E-state index in [2.05, 4.69) is 39.5 Å². The average Bonchev–Trinajstić information content (AvgIpc) is 2.94. The third-order valence-electron chi connectivity index (χ3n) is 3.59. The van der Waals surface area contributed by atoms with E-state index < -0.39 is 0 Å². The fourth-order valence-corrected chi connectivity index (χ4v) is 2.44. The zero-order valence-corrected chi connectivity index (χ0v) is 12.3. The molecule has 3 rings (SSSR count). The second-order valence-corrected chi connectivity index (χ2v) is 5.23. The van der Waals surface area contributed by atoms with E-state index >= 15 is 0 Å². The number of aryl methyl sites for hydroxylation is 1. The van der Waals surface area contributed by atoms with Crippen LogP contribution >= 0.6 is 0 Å². The van der Waals surface area contributed by atoms with Gasteiger partial charge in [0.1, 0.15) is 5.76 Å². The molecule has 2 heterocycles. The highest BCUT2D eigenvalue weighted by atomic mass is 16.5. The number of anilines is 1. The van der Waals surface area contributed by atoms with Crippen LogP contribution in [0.25, 0.3) is 0 Å². The lowest BCUT2D eigenvalue weighted by Gasteiger charge is -2.28. The van der Waals surface area contributed by atoms with Crippen LogP contribution in [0.3, 0.4) is 0 Å². The topological polar surface area (TPSA) is 50.5 Å². The fourth-order valence-electron chi connectivity index (χ4n) is 2.44. The number of morpholine rings is 1. The smallest absolute Gasteiger partial charge is 0.208 e. The standard InChI is InChI=1S/C16H21N3O2/c1-13-10-18-16(21-13)12-17-11-14-2-4-15(5-3-14)19-6-8-20-9-7-19/h2-5,10,17H,6-9,11-12H2,1H3. The summed E-state index contributed by atoms with van der Waals surface area (Å²) in [6, 6.07) is 8.69.